The van der Waals surface area contributed by atoms with Crippen LogP contribution in [0.1, 0.15) is 0 Å². The van der Waals surface area contributed by atoms with Crippen molar-refractivity contribution in [2.45, 2.75) is 0 Å². The van der Waals surface area contributed by atoms with E-state index in [2.05, 4.69) is 0 Å². The molecule has 0 aliphatic carbocycles. The van der Waals surface area contributed by atoms with Crippen LogP contribution in [0.25, 0.3) is 0 Å². The van der Waals surface area contributed by atoms with Gasteiger partial charge in [0.1, 0.15) is 0 Å². The highest BCUT2D eigenvalue weighted by Crippen LogP contribution is 1.79. The second-order valence-corrected chi connectivity index (χ2v) is 1.36. The summed E-state index contributed by atoms with van der Waals surface area (Å²) in [5.74, 6) is 0.503. The average molecular weight is 173 g/mol. The van der Waals surface area contributed by atoms with Gasteiger partial charge in [0.25, 0.3) is 0 Å². The van der Waals surface area contributed by atoms with Crippen molar-refractivity contribution in [1.29, 1.82) is 0 Å². The maximum atomic E-state index is 8.56. The van der Waals surface area contributed by atoms with E-state index in [-0.39, 0.29) is 0 Å². The van der Waals surface area contributed by atoms with Gasteiger partial charge >= 0.3 is 6.16 Å². The van der Waals surface area contributed by atoms with Crippen LogP contribution in [0.2, 0.25) is 0 Å². The fraction of sp³-hybridized carbons (Fsp3) is 0.250. The monoisotopic (exact) mass is 172 g/mol. The fourth-order valence-electron chi connectivity index (χ4n) is 0.0337. The van der Waals surface area contributed by atoms with Crippen LogP contribution in [0.4, 0.5) is 4.79 Å². The number of rotatable bonds is 1. The first-order valence-corrected chi connectivity index (χ1v) is 2.85. The van der Waals surface area contributed by atoms with Crippen molar-refractivity contribution in [2.75, 3.05) is 5.88 Å². The van der Waals surface area contributed by atoms with Crippen molar-refractivity contribution in [1.82, 2.24) is 0 Å². The first-order valence-electron chi connectivity index (χ1n) is 1.88. The molecule has 5 heteroatoms. The predicted octanol–water partition coefficient (Wildman–Crippen LogP) is 2.20. The Morgan fingerprint density at radius 2 is 1.89 bits per heavy atom. The summed E-state index contributed by atoms with van der Waals surface area (Å²) < 4.78 is 0. The minimum atomic E-state index is -1.83. The van der Waals surface area contributed by atoms with Crippen LogP contribution in [0, 0.1) is 0 Å². The molecule has 0 amide bonds. The van der Waals surface area contributed by atoms with Crippen LogP contribution >= 0.6 is 23.2 Å². The van der Waals surface area contributed by atoms with E-state index in [9.17, 15) is 0 Å². The molecule has 0 aliphatic heterocycles. The Bertz CT molecular complexity index is 87.8. The standard InChI is InChI=1S/C3H4Cl2.CH2O3/c4-2-1-3-5;2-1(3)4/h1-2H,3H2;(H2,2,3,4). The molecule has 0 spiro atoms. The third-order valence-corrected chi connectivity index (χ3v) is 0.535. The first kappa shape index (κ1) is 11.4. The van der Waals surface area contributed by atoms with E-state index in [1.165, 1.54) is 5.54 Å². The minimum absolute atomic E-state index is 0.503. The zero-order valence-electron chi connectivity index (χ0n) is 4.42. The Balaban J connectivity index is 0. The highest BCUT2D eigenvalue weighted by molar-refractivity contribution is 6.26. The van der Waals surface area contributed by atoms with Gasteiger partial charge in [0, 0.05) is 11.4 Å². The van der Waals surface area contributed by atoms with Crippen molar-refractivity contribution in [3.8, 4) is 0 Å². The van der Waals surface area contributed by atoms with E-state index >= 15 is 0 Å². The van der Waals surface area contributed by atoms with E-state index in [0.29, 0.717) is 5.88 Å². The summed E-state index contributed by atoms with van der Waals surface area (Å²) in [5.41, 5.74) is 1.40. The molecule has 0 rings (SSSR count). The number of alkyl halides is 1. The van der Waals surface area contributed by atoms with Crippen LogP contribution in [0.3, 0.4) is 0 Å². The Morgan fingerprint density at radius 3 is 1.89 bits per heavy atom. The molecule has 0 fully saturated rings. The lowest BCUT2D eigenvalue weighted by Crippen LogP contribution is -1.81. The Kier molecular flexibility index (Phi) is 13.4. The third-order valence-electron chi connectivity index (χ3n) is 0.178. The number of hydrogen-bond acceptors (Lipinski definition) is 1. The van der Waals surface area contributed by atoms with Gasteiger partial charge in [-0.15, -0.1) is 11.6 Å². The van der Waals surface area contributed by atoms with Gasteiger partial charge in [-0.25, -0.2) is 4.79 Å². The molecule has 0 aromatic carbocycles. The lowest BCUT2D eigenvalue weighted by molar-refractivity contribution is 0.137. The molecule has 0 saturated carbocycles. The summed E-state index contributed by atoms with van der Waals surface area (Å²) >= 11 is 10.2. The molecule has 3 nitrogen and oxygen atoms in total. The summed E-state index contributed by atoms with van der Waals surface area (Å²) in [6.45, 7) is 0. The normalized spacial score (nSPS) is 8.22. The number of allylic oxidation sites excluding steroid dienone is 1. The Labute approximate surface area is 62.5 Å². The van der Waals surface area contributed by atoms with Gasteiger partial charge < -0.3 is 10.2 Å². The van der Waals surface area contributed by atoms with E-state index in [1.54, 1.807) is 6.08 Å². The van der Waals surface area contributed by atoms with Crippen molar-refractivity contribution in [3.05, 3.63) is 11.6 Å². The molecular weight excluding hydrogens is 167 g/mol. The second kappa shape index (κ2) is 10.5. The minimum Gasteiger partial charge on any atom is -0.450 e. The van der Waals surface area contributed by atoms with Gasteiger partial charge in [0.05, 0.1) is 0 Å². The third kappa shape index (κ3) is 93.8. The topological polar surface area (TPSA) is 57.5 Å². The number of carbonyl (C=O) groups is 1. The van der Waals surface area contributed by atoms with Crippen LogP contribution in [-0.2, 0) is 0 Å². The summed E-state index contributed by atoms with van der Waals surface area (Å²) in [6.07, 6.45) is -0.177. The smallest absolute Gasteiger partial charge is 0.450 e. The lowest BCUT2D eigenvalue weighted by Gasteiger charge is -1.61. The molecule has 9 heavy (non-hydrogen) atoms. The largest absolute Gasteiger partial charge is 0.503 e. The van der Waals surface area contributed by atoms with Crippen LogP contribution < -0.4 is 0 Å². The molecule has 0 bridgehead atoms. The van der Waals surface area contributed by atoms with Crippen molar-refractivity contribution >= 4 is 29.4 Å². The molecule has 54 valence electrons. The summed E-state index contributed by atoms with van der Waals surface area (Å²) in [4.78, 5) is 8.56. The van der Waals surface area contributed by atoms with Gasteiger partial charge in [-0.05, 0) is 0 Å². The van der Waals surface area contributed by atoms with Gasteiger partial charge in [-0.3, -0.25) is 0 Å². The maximum Gasteiger partial charge on any atom is 0.503 e. The predicted molar refractivity (Wildman–Crippen MR) is 36.4 cm³/mol. The van der Waals surface area contributed by atoms with E-state index < -0.39 is 6.16 Å². The van der Waals surface area contributed by atoms with Crippen molar-refractivity contribution in [2.24, 2.45) is 0 Å². The van der Waals surface area contributed by atoms with Gasteiger partial charge in [-0.2, -0.15) is 0 Å². The molecule has 2 N–H and O–H groups in total. The Morgan fingerprint density at radius 1 is 1.56 bits per heavy atom. The number of hydrogen-bond donors (Lipinski definition) is 2. The highest BCUT2D eigenvalue weighted by Gasteiger charge is 1.70. The van der Waals surface area contributed by atoms with Crippen LogP contribution in [0.15, 0.2) is 11.6 Å². The van der Waals surface area contributed by atoms with E-state index in [0.717, 1.165) is 0 Å². The molecule has 0 radical (unpaired) electrons. The van der Waals surface area contributed by atoms with E-state index in [4.69, 9.17) is 38.2 Å². The zero-order chi connectivity index (χ0) is 7.70. The van der Waals surface area contributed by atoms with Gasteiger partial charge in [0.15, 0.2) is 0 Å². The zero-order valence-corrected chi connectivity index (χ0v) is 5.93. The van der Waals surface area contributed by atoms with E-state index in [1.807, 2.05) is 0 Å². The molecule has 0 saturated heterocycles. The summed E-state index contributed by atoms with van der Waals surface area (Å²) in [5, 5.41) is 13.9. The first-order chi connectivity index (χ1) is 4.15. The molecule has 0 heterocycles. The SMILES string of the molecule is ClC=CCCl.O=C(O)O. The molecular formula is C4H6Cl2O3. The van der Waals surface area contributed by atoms with Crippen LogP contribution in [-0.4, -0.2) is 22.2 Å². The van der Waals surface area contributed by atoms with Crippen LogP contribution in [0.5, 0.6) is 0 Å². The van der Waals surface area contributed by atoms with Gasteiger partial charge in [-0.1, -0.05) is 17.7 Å². The molecule has 0 aliphatic rings. The summed E-state index contributed by atoms with van der Waals surface area (Å²) in [6, 6.07) is 0. The number of halogens is 2. The van der Waals surface area contributed by atoms with Crippen molar-refractivity contribution in [3.63, 3.8) is 0 Å². The van der Waals surface area contributed by atoms with Crippen molar-refractivity contribution < 1.29 is 15.0 Å². The number of carboxylic acid groups (broad SMARTS) is 2. The second-order valence-electron chi connectivity index (χ2n) is 0.799. The highest BCUT2D eigenvalue weighted by atomic mass is 35.5. The molecule has 0 atom stereocenters. The summed E-state index contributed by atoms with van der Waals surface area (Å²) in [7, 11) is 0. The molecule has 0 aromatic rings. The Hall–Kier alpha value is -0.410. The maximum absolute atomic E-state index is 8.56. The fourth-order valence-corrected chi connectivity index (χ4v) is 0.303. The molecule has 0 aromatic heterocycles. The van der Waals surface area contributed by atoms with Gasteiger partial charge in [0.2, 0.25) is 0 Å². The lowest BCUT2D eigenvalue weighted by atomic mass is 10.8. The molecule has 0 unspecified atom stereocenters. The average Bonchev–Trinajstić information content (AvgIpc) is 1.66. The quantitative estimate of drug-likeness (QED) is 0.597.